The van der Waals surface area contributed by atoms with E-state index in [0.29, 0.717) is 18.1 Å². The number of carbonyl (C=O) groups is 3. The summed E-state index contributed by atoms with van der Waals surface area (Å²) in [6.45, 7) is 0.784. The van der Waals surface area contributed by atoms with Crippen LogP contribution in [0, 0.1) is 0 Å². The zero-order valence-electron chi connectivity index (χ0n) is 19.1. The zero-order valence-corrected chi connectivity index (χ0v) is 19.9. The van der Waals surface area contributed by atoms with Gasteiger partial charge in [0.2, 0.25) is 5.91 Å². The number of rotatable bonds is 17. The summed E-state index contributed by atoms with van der Waals surface area (Å²) in [4.78, 5) is 34.4. The van der Waals surface area contributed by atoms with Gasteiger partial charge in [0, 0.05) is 30.4 Å². The SMILES string of the molecule is COC(=O)CCCCCCCCCCCNC(=O)CCCCC1SCC2NC(=O)NC21. The van der Waals surface area contributed by atoms with Crippen LogP contribution in [0.2, 0.25) is 0 Å². The number of urea groups is 1. The smallest absolute Gasteiger partial charge is 0.315 e. The Morgan fingerprint density at radius 2 is 1.58 bits per heavy atom. The second kappa shape index (κ2) is 15.4. The van der Waals surface area contributed by atoms with Gasteiger partial charge in [-0.2, -0.15) is 11.8 Å². The Kier molecular flexibility index (Phi) is 12.8. The van der Waals surface area contributed by atoms with Crippen LogP contribution < -0.4 is 16.0 Å². The number of unbranched alkanes of at least 4 members (excludes halogenated alkanes) is 9. The van der Waals surface area contributed by atoms with Gasteiger partial charge in [0.1, 0.15) is 0 Å². The molecule has 0 spiro atoms. The van der Waals surface area contributed by atoms with Gasteiger partial charge in [-0.1, -0.05) is 51.4 Å². The van der Waals surface area contributed by atoms with Crippen molar-refractivity contribution in [2.45, 2.75) is 107 Å². The summed E-state index contributed by atoms with van der Waals surface area (Å²) in [5.41, 5.74) is 0. The number of ether oxygens (including phenoxy) is 1. The summed E-state index contributed by atoms with van der Waals surface area (Å²) in [6.07, 6.45) is 14.6. The Hall–Kier alpha value is -1.44. The first-order valence-corrected chi connectivity index (χ1v) is 13.2. The van der Waals surface area contributed by atoms with Crippen molar-refractivity contribution in [1.29, 1.82) is 0 Å². The van der Waals surface area contributed by atoms with Crippen molar-refractivity contribution in [3.8, 4) is 0 Å². The molecule has 2 saturated heterocycles. The summed E-state index contributed by atoms with van der Waals surface area (Å²) in [6, 6.07) is 0.508. The third-order valence-electron chi connectivity index (χ3n) is 6.19. The average molecular weight is 456 g/mol. The fraction of sp³-hybridized carbons (Fsp3) is 0.870. The highest BCUT2D eigenvalue weighted by atomic mass is 32.2. The van der Waals surface area contributed by atoms with Gasteiger partial charge in [-0.25, -0.2) is 4.79 Å². The topological polar surface area (TPSA) is 96.5 Å². The molecule has 2 heterocycles. The number of amides is 3. The molecule has 3 N–H and O–H groups in total. The van der Waals surface area contributed by atoms with Crippen LogP contribution >= 0.6 is 11.8 Å². The van der Waals surface area contributed by atoms with Gasteiger partial charge in [-0.15, -0.1) is 0 Å². The monoisotopic (exact) mass is 455 g/mol. The molecule has 31 heavy (non-hydrogen) atoms. The number of carbonyl (C=O) groups excluding carboxylic acids is 3. The lowest BCUT2D eigenvalue weighted by molar-refractivity contribution is -0.140. The molecule has 2 rings (SSSR count). The maximum atomic E-state index is 12.0. The summed E-state index contributed by atoms with van der Waals surface area (Å²) in [5, 5.41) is 9.51. The van der Waals surface area contributed by atoms with Crippen molar-refractivity contribution in [3.05, 3.63) is 0 Å². The Morgan fingerprint density at radius 1 is 0.935 bits per heavy atom. The molecule has 7 nitrogen and oxygen atoms in total. The molecule has 0 aliphatic carbocycles. The van der Waals surface area contributed by atoms with E-state index >= 15 is 0 Å². The van der Waals surface area contributed by atoms with Crippen LogP contribution in [0.1, 0.15) is 89.9 Å². The van der Waals surface area contributed by atoms with Crippen LogP contribution in [0.25, 0.3) is 0 Å². The molecule has 178 valence electrons. The highest BCUT2D eigenvalue weighted by molar-refractivity contribution is 8.00. The van der Waals surface area contributed by atoms with Crippen molar-refractivity contribution in [2.75, 3.05) is 19.4 Å². The third kappa shape index (κ3) is 10.6. The molecule has 3 amide bonds. The van der Waals surface area contributed by atoms with Crippen LogP contribution in [-0.2, 0) is 14.3 Å². The lowest BCUT2D eigenvalue weighted by Crippen LogP contribution is -2.36. The summed E-state index contributed by atoms with van der Waals surface area (Å²) >= 11 is 1.93. The molecule has 0 radical (unpaired) electrons. The van der Waals surface area contributed by atoms with Crippen LogP contribution in [0.15, 0.2) is 0 Å². The number of hydrogen-bond acceptors (Lipinski definition) is 5. The minimum atomic E-state index is -0.105. The number of fused-ring (bicyclic) bond motifs is 1. The van der Waals surface area contributed by atoms with E-state index in [0.717, 1.165) is 50.8 Å². The van der Waals surface area contributed by atoms with Gasteiger partial charge < -0.3 is 20.7 Å². The Labute approximate surface area is 191 Å². The normalized spacial score (nSPS) is 22.0. The molecule has 8 heteroatoms. The second-order valence-electron chi connectivity index (χ2n) is 8.73. The number of methoxy groups -OCH3 is 1. The zero-order chi connectivity index (χ0) is 22.3. The number of thioether (sulfide) groups is 1. The van der Waals surface area contributed by atoms with Crippen LogP contribution in [0.4, 0.5) is 4.79 Å². The molecule has 0 aromatic heterocycles. The second-order valence-corrected chi connectivity index (χ2v) is 10.00. The third-order valence-corrected chi connectivity index (χ3v) is 7.70. The van der Waals surface area contributed by atoms with Crippen LogP contribution in [0.5, 0.6) is 0 Å². The van der Waals surface area contributed by atoms with E-state index in [4.69, 9.17) is 0 Å². The van der Waals surface area contributed by atoms with Gasteiger partial charge >= 0.3 is 12.0 Å². The predicted octanol–water partition coefficient (Wildman–Crippen LogP) is 3.90. The standard InChI is InChI=1S/C23H41N3O4S/c1-30-21(28)15-9-7-5-3-2-4-6-8-12-16-24-20(27)14-11-10-13-19-22-18(17-31-19)25-23(29)26-22/h18-19,22H,2-17H2,1H3,(H,24,27)(H2,25,26,29). The van der Waals surface area contributed by atoms with Crippen molar-refractivity contribution in [1.82, 2.24) is 16.0 Å². The van der Waals surface area contributed by atoms with Gasteiger partial charge in [-0.05, 0) is 25.7 Å². The Morgan fingerprint density at radius 3 is 2.29 bits per heavy atom. The van der Waals surface area contributed by atoms with E-state index in [1.165, 1.54) is 45.6 Å². The summed E-state index contributed by atoms with van der Waals surface area (Å²) in [5.74, 6) is 1.05. The molecule has 2 aliphatic heterocycles. The molecule has 0 saturated carbocycles. The van der Waals surface area contributed by atoms with Crippen molar-refractivity contribution < 1.29 is 19.1 Å². The van der Waals surface area contributed by atoms with Crippen molar-refractivity contribution in [3.63, 3.8) is 0 Å². The lowest BCUT2D eigenvalue weighted by Gasteiger charge is -2.16. The first kappa shape index (κ1) is 25.8. The number of esters is 1. The summed E-state index contributed by atoms with van der Waals surface area (Å²) in [7, 11) is 1.44. The maximum absolute atomic E-state index is 12.0. The first-order valence-electron chi connectivity index (χ1n) is 12.1. The van der Waals surface area contributed by atoms with Gasteiger partial charge in [0.25, 0.3) is 0 Å². The number of nitrogens with one attached hydrogen (secondary N) is 3. The molecule has 0 aromatic carbocycles. The maximum Gasteiger partial charge on any atom is 0.315 e. The molecule has 2 aliphatic rings. The molecular weight excluding hydrogens is 414 g/mol. The molecule has 0 bridgehead atoms. The van der Waals surface area contributed by atoms with Crippen LogP contribution in [0.3, 0.4) is 0 Å². The highest BCUT2D eigenvalue weighted by Crippen LogP contribution is 2.33. The Balaban J connectivity index is 1.31. The highest BCUT2D eigenvalue weighted by Gasteiger charge is 2.42. The van der Waals surface area contributed by atoms with Gasteiger partial charge in [-0.3, -0.25) is 9.59 Å². The Bertz CT molecular complexity index is 561. The van der Waals surface area contributed by atoms with Crippen LogP contribution in [-0.4, -0.2) is 54.6 Å². The predicted molar refractivity (Wildman–Crippen MR) is 125 cm³/mol. The summed E-state index contributed by atoms with van der Waals surface area (Å²) < 4.78 is 4.64. The van der Waals surface area contributed by atoms with Crippen molar-refractivity contribution in [2.24, 2.45) is 0 Å². The van der Waals surface area contributed by atoms with Crippen molar-refractivity contribution >= 4 is 29.7 Å². The molecule has 2 fully saturated rings. The first-order chi connectivity index (χ1) is 15.1. The van der Waals surface area contributed by atoms with E-state index < -0.39 is 0 Å². The molecule has 3 unspecified atom stereocenters. The number of hydrogen-bond donors (Lipinski definition) is 3. The van der Waals surface area contributed by atoms with E-state index in [1.54, 1.807) is 0 Å². The quantitative estimate of drug-likeness (QED) is 0.176. The molecule has 0 aromatic rings. The van der Waals surface area contributed by atoms with E-state index in [2.05, 4.69) is 20.7 Å². The van der Waals surface area contributed by atoms with Gasteiger partial charge in [0.05, 0.1) is 19.2 Å². The van der Waals surface area contributed by atoms with E-state index in [-0.39, 0.29) is 30.0 Å². The molecular formula is C23H41N3O4S. The minimum absolute atomic E-state index is 0.0351. The minimum Gasteiger partial charge on any atom is -0.469 e. The fourth-order valence-electron chi connectivity index (χ4n) is 4.32. The van der Waals surface area contributed by atoms with E-state index in [9.17, 15) is 14.4 Å². The average Bonchev–Trinajstić information content (AvgIpc) is 3.31. The van der Waals surface area contributed by atoms with E-state index in [1.807, 2.05) is 11.8 Å². The lowest BCUT2D eigenvalue weighted by atomic mass is 10.0. The largest absolute Gasteiger partial charge is 0.469 e. The fourth-order valence-corrected chi connectivity index (χ4v) is 5.87. The molecule has 3 atom stereocenters. The van der Waals surface area contributed by atoms with Gasteiger partial charge in [0.15, 0.2) is 0 Å².